The fourth-order valence-corrected chi connectivity index (χ4v) is 4.25. The van der Waals surface area contributed by atoms with Crippen LogP contribution in [0.2, 0.25) is 0 Å². The van der Waals surface area contributed by atoms with Gasteiger partial charge in [0.05, 0.1) is 11.4 Å². The van der Waals surface area contributed by atoms with Crippen LogP contribution in [-0.4, -0.2) is 9.78 Å². The first-order valence-corrected chi connectivity index (χ1v) is 9.48. The van der Waals surface area contributed by atoms with Crippen molar-refractivity contribution in [1.29, 1.82) is 0 Å². The van der Waals surface area contributed by atoms with Gasteiger partial charge in [0.25, 0.3) is 0 Å². The summed E-state index contributed by atoms with van der Waals surface area (Å²) in [6, 6.07) is 10.6. The Morgan fingerprint density at radius 2 is 1.92 bits per heavy atom. The highest BCUT2D eigenvalue weighted by molar-refractivity contribution is 5.39. The Kier molecular flexibility index (Phi) is 4.85. The average Bonchev–Trinajstić information content (AvgIpc) is 2.84. The molecular weight excluding hydrogens is 292 g/mol. The summed E-state index contributed by atoms with van der Waals surface area (Å²) >= 11 is 0. The number of aromatic nitrogens is 2. The van der Waals surface area contributed by atoms with Crippen molar-refractivity contribution in [3.8, 4) is 5.69 Å². The van der Waals surface area contributed by atoms with Crippen LogP contribution in [0.15, 0.2) is 30.3 Å². The van der Waals surface area contributed by atoms with Crippen molar-refractivity contribution < 1.29 is 0 Å². The van der Waals surface area contributed by atoms with Gasteiger partial charge in [-0.1, -0.05) is 52.8 Å². The lowest BCUT2D eigenvalue weighted by Crippen LogP contribution is -2.15. The van der Waals surface area contributed by atoms with E-state index in [0.717, 1.165) is 18.8 Å². The van der Waals surface area contributed by atoms with Crippen molar-refractivity contribution in [2.75, 3.05) is 0 Å². The van der Waals surface area contributed by atoms with Crippen molar-refractivity contribution in [3.05, 3.63) is 47.3 Å². The van der Waals surface area contributed by atoms with Crippen LogP contribution in [0.4, 0.5) is 0 Å². The van der Waals surface area contributed by atoms with Crippen molar-refractivity contribution in [2.45, 2.75) is 66.7 Å². The molecular formula is C22H32N2. The first-order valence-electron chi connectivity index (χ1n) is 9.48. The van der Waals surface area contributed by atoms with E-state index in [1.165, 1.54) is 41.9 Å². The molecule has 130 valence electrons. The molecule has 2 atom stereocenters. The van der Waals surface area contributed by atoms with Crippen molar-refractivity contribution in [1.82, 2.24) is 9.78 Å². The summed E-state index contributed by atoms with van der Waals surface area (Å²) < 4.78 is 2.23. The molecule has 1 aromatic carbocycles. The summed E-state index contributed by atoms with van der Waals surface area (Å²) in [5.74, 6) is 1.43. The van der Waals surface area contributed by atoms with Gasteiger partial charge in [-0.05, 0) is 67.1 Å². The predicted octanol–water partition coefficient (Wildman–Crippen LogP) is 5.61. The fourth-order valence-electron chi connectivity index (χ4n) is 4.25. The highest BCUT2D eigenvalue weighted by Crippen LogP contribution is 2.33. The van der Waals surface area contributed by atoms with Crippen LogP contribution in [0.3, 0.4) is 0 Å². The lowest BCUT2D eigenvalue weighted by Gasteiger charge is -2.23. The Bertz CT molecular complexity index is 676. The molecule has 0 radical (unpaired) electrons. The van der Waals surface area contributed by atoms with Gasteiger partial charge in [-0.2, -0.15) is 5.10 Å². The molecule has 3 rings (SSSR count). The Labute approximate surface area is 147 Å². The van der Waals surface area contributed by atoms with Gasteiger partial charge in [0.2, 0.25) is 0 Å². The van der Waals surface area contributed by atoms with Crippen LogP contribution < -0.4 is 0 Å². The molecule has 2 heteroatoms. The smallest absolute Gasteiger partial charge is 0.0666 e. The molecule has 0 aliphatic heterocycles. The van der Waals surface area contributed by atoms with E-state index in [1.807, 2.05) is 0 Å². The molecule has 2 unspecified atom stereocenters. The normalized spacial score (nSPS) is 19.1. The predicted molar refractivity (Wildman–Crippen MR) is 102 cm³/mol. The first kappa shape index (κ1) is 17.3. The quantitative estimate of drug-likeness (QED) is 0.714. The highest BCUT2D eigenvalue weighted by Gasteiger charge is 2.26. The Hall–Kier alpha value is -1.57. The van der Waals surface area contributed by atoms with Gasteiger partial charge >= 0.3 is 0 Å². The Morgan fingerprint density at radius 1 is 1.21 bits per heavy atom. The molecule has 0 saturated heterocycles. The average molecular weight is 325 g/mol. The van der Waals surface area contributed by atoms with E-state index in [9.17, 15) is 0 Å². The highest BCUT2D eigenvalue weighted by atomic mass is 15.3. The molecule has 1 aliphatic carbocycles. The third-order valence-electron chi connectivity index (χ3n) is 5.11. The van der Waals surface area contributed by atoms with Crippen LogP contribution in [-0.2, 0) is 19.3 Å². The van der Waals surface area contributed by atoms with E-state index in [4.69, 9.17) is 5.10 Å². The standard InChI is InChI=1S/C22H32N2/c1-16-11-12-19-20(13-17(2)15-22(3,4)5)23-24(21(19)14-16)18-9-7-6-8-10-18/h6-10,16-17H,11-15H2,1-5H3. The van der Waals surface area contributed by atoms with Crippen LogP contribution in [0.25, 0.3) is 5.69 Å². The number of benzene rings is 1. The number of para-hydroxylation sites is 1. The molecule has 2 aromatic rings. The molecule has 0 bridgehead atoms. The van der Waals surface area contributed by atoms with E-state index >= 15 is 0 Å². The number of nitrogens with zero attached hydrogens (tertiary/aromatic N) is 2. The van der Waals surface area contributed by atoms with Gasteiger partial charge in [-0.3, -0.25) is 0 Å². The topological polar surface area (TPSA) is 17.8 Å². The van der Waals surface area contributed by atoms with Crippen LogP contribution in [0.1, 0.15) is 64.4 Å². The van der Waals surface area contributed by atoms with Gasteiger partial charge in [-0.25, -0.2) is 4.68 Å². The number of hydrogen-bond acceptors (Lipinski definition) is 1. The molecule has 0 fully saturated rings. The van der Waals surface area contributed by atoms with Crippen LogP contribution in [0, 0.1) is 17.3 Å². The van der Waals surface area contributed by atoms with E-state index in [-0.39, 0.29) is 0 Å². The third kappa shape index (κ3) is 3.91. The van der Waals surface area contributed by atoms with E-state index in [0.29, 0.717) is 11.3 Å². The number of hydrogen-bond donors (Lipinski definition) is 0. The monoisotopic (exact) mass is 324 g/mol. The Balaban J connectivity index is 1.93. The summed E-state index contributed by atoms with van der Waals surface area (Å²) in [7, 11) is 0. The molecule has 1 aromatic heterocycles. The molecule has 1 aliphatic rings. The van der Waals surface area contributed by atoms with Crippen LogP contribution >= 0.6 is 0 Å². The van der Waals surface area contributed by atoms with E-state index in [1.54, 1.807) is 0 Å². The molecule has 24 heavy (non-hydrogen) atoms. The minimum atomic E-state index is 0.385. The van der Waals surface area contributed by atoms with Crippen molar-refractivity contribution in [3.63, 3.8) is 0 Å². The lowest BCUT2D eigenvalue weighted by atomic mass is 9.82. The molecule has 0 N–H and O–H groups in total. The minimum Gasteiger partial charge on any atom is -0.237 e. The van der Waals surface area contributed by atoms with Gasteiger partial charge in [0, 0.05) is 5.69 Å². The minimum absolute atomic E-state index is 0.385. The summed E-state index contributed by atoms with van der Waals surface area (Å²) in [4.78, 5) is 0. The lowest BCUT2D eigenvalue weighted by molar-refractivity contribution is 0.304. The molecule has 0 spiro atoms. The number of rotatable bonds is 4. The summed E-state index contributed by atoms with van der Waals surface area (Å²) in [5.41, 5.74) is 5.93. The maximum absolute atomic E-state index is 5.08. The zero-order valence-electron chi connectivity index (χ0n) is 16.0. The SMILES string of the molecule is CC1CCc2c(CC(C)CC(C)(C)C)nn(-c3ccccc3)c2C1. The third-order valence-corrected chi connectivity index (χ3v) is 5.11. The zero-order valence-corrected chi connectivity index (χ0v) is 16.0. The molecule has 0 amide bonds. The first-order chi connectivity index (χ1) is 11.3. The summed E-state index contributed by atoms with van der Waals surface area (Å²) in [6.07, 6.45) is 6.00. The van der Waals surface area contributed by atoms with Crippen LogP contribution in [0.5, 0.6) is 0 Å². The largest absolute Gasteiger partial charge is 0.237 e. The summed E-state index contributed by atoms with van der Waals surface area (Å²) in [5, 5.41) is 5.08. The number of fused-ring (bicyclic) bond motifs is 1. The maximum atomic E-state index is 5.08. The second kappa shape index (κ2) is 6.74. The maximum Gasteiger partial charge on any atom is 0.0666 e. The second-order valence-corrected chi connectivity index (χ2v) is 9.04. The van der Waals surface area contributed by atoms with E-state index < -0.39 is 0 Å². The second-order valence-electron chi connectivity index (χ2n) is 9.04. The van der Waals surface area contributed by atoms with Gasteiger partial charge in [-0.15, -0.1) is 0 Å². The molecule has 1 heterocycles. The van der Waals surface area contributed by atoms with Gasteiger partial charge in [0.1, 0.15) is 0 Å². The van der Waals surface area contributed by atoms with Crippen molar-refractivity contribution >= 4 is 0 Å². The van der Waals surface area contributed by atoms with Crippen molar-refractivity contribution in [2.24, 2.45) is 17.3 Å². The Morgan fingerprint density at radius 3 is 2.58 bits per heavy atom. The zero-order chi connectivity index (χ0) is 17.3. The van der Waals surface area contributed by atoms with E-state index in [2.05, 4.69) is 69.6 Å². The summed E-state index contributed by atoms with van der Waals surface area (Å²) in [6.45, 7) is 11.8. The van der Waals surface area contributed by atoms with Gasteiger partial charge in [0.15, 0.2) is 0 Å². The van der Waals surface area contributed by atoms with Gasteiger partial charge < -0.3 is 0 Å². The fraction of sp³-hybridized carbons (Fsp3) is 0.591. The molecule has 2 nitrogen and oxygen atoms in total. The molecule has 0 saturated carbocycles.